The minimum absolute atomic E-state index is 0.0516. The molecule has 124 valence electrons. The molecule has 1 unspecified atom stereocenters. The Morgan fingerprint density at radius 2 is 1.88 bits per heavy atom. The first-order chi connectivity index (χ1) is 12.2. The maximum Gasteiger partial charge on any atom is 0.257 e. The molecule has 3 aromatic rings. The van der Waals surface area contributed by atoms with E-state index < -0.39 is 0 Å². The summed E-state index contributed by atoms with van der Waals surface area (Å²) in [6.45, 7) is 2.60. The van der Waals surface area contributed by atoms with Crippen LogP contribution in [0.2, 0.25) is 0 Å². The van der Waals surface area contributed by atoms with Crippen molar-refractivity contribution in [1.29, 1.82) is 0 Å². The van der Waals surface area contributed by atoms with Crippen LogP contribution in [0.4, 0.5) is 0 Å². The van der Waals surface area contributed by atoms with E-state index in [9.17, 15) is 4.79 Å². The number of fused-ring (bicyclic) bond motifs is 3. The molecule has 0 aliphatic carbocycles. The molecular formula is C21H18N2O2. The van der Waals surface area contributed by atoms with E-state index in [0.29, 0.717) is 6.61 Å². The average Bonchev–Trinajstić information content (AvgIpc) is 3.14. The van der Waals surface area contributed by atoms with Gasteiger partial charge in [-0.25, -0.2) is 4.99 Å². The van der Waals surface area contributed by atoms with Crippen LogP contribution in [-0.4, -0.2) is 17.5 Å². The molecule has 0 saturated carbocycles. The van der Waals surface area contributed by atoms with Crippen molar-refractivity contribution in [3.8, 4) is 0 Å². The third kappa shape index (κ3) is 2.91. The van der Waals surface area contributed by atoms with Gasteiger partial charge in [-0.1, -0.05) is 36.4 Å². The van der Waals surface area contributed by atoms with Crippen molar-refractivity contribution >= 4 is 22.6 Å². The predicted molar refractivity (Wildman–Crippen MR) is 96.2 cm³/mol. The Hall–Kier alpha value is -3.01. The zero-order chi connectivity index (χ0) is 17.2. The number of para-hydroxylation sites is 2. The smallest absolute Gasteiger partial charge is 0.257 e. The lowest BCUT2D eigenvalue weighted by Gasteiger charge is -2.11. The number of hydrogen-bond acceptors (Lipinski definition) is 3. The van der Waals surface area contributed by atoms with Crippen LogP contribution in [0.3, 0.4) is 0 Å². The van der Waals surface area contributed by atoms with E-state index in [1.165, 1.54) is 5.39 Å². The van der Waals surface area contributed by atoms with Gasteiger partial charge < -0.3 is 4.74 Å². The first-order valence-corrected chi connectivity index (χ1v) is 8.39. The Morgan fingerprint density at radius 3 is 2.76 bits per heavy atom. The van der Waals surface area contributed by atoms with Gasteiger partial charge in [-0.15, -0.1) is 0 Å². The van der Waals surface area contributed by atoms with Crippen molar-refractivity contribution in [2.45, 2.75) is 13.3 Å². The van der Waals surface area contributed by atoms with E-state index in [-0.39, 0.29) is 11.8 Å². The molecule has 1 fully saturated rings. The van der Waals surface area contributed by atoms with Gasteiger partial charge >= 0.3 is 0 Å². The fourth-order valence-corrected chi connectivity index (χ4v) is 3.23. The second-order valence-electron chi connectivity index (χ2n) is 6.17. The van der Waals surface area contributed by atoms with E-state index in [0.717, 1.165) is 33.8 Å². The van der Waals surface area contributed by atoms with Crippen molar-refractivity contribution < 1.29 is 9.53 Å². The van der Waals surface area contributed by atoms with Crippen LogP contribution in [0, 0.1) is 12.8 Å². The summed E-state index contributed by atoms with van der Waals surface area (Å²) in [5, 5.41) is 2.98. The second kappa shape index (κ2) is 6.48. The zero-order valence-electron chi connectivity index (χ0n) is 14.0. The van der Waals surface area contributed by atoms with Crippen LogP contribution < -0.4 is 10.6 Å². The molecule has 1 aromatic heterocycles. The number of ether oxygens (including phenoxy) is 1. The molecule has 25 heavy (non-hydrogen) atoms. The van der Waals surface area contributed by atoms with Crippen molar-refractivity contribution in [2.75, 3.05) is 6.61 Å². The fraction of sp³-hybridized carbons (Fsp3) is 0.190. The third-order valence-corrected chi connectivity index (χ3v) is 4.52. The Kier molecular flexibility index (Phi) is 4.02. The molecule has 1 saturated heterocycles. The van der Waals surface area contributed by atoms with Crippen molar-refractivity contribution in [3.63, 3.8) is 0 Å². The van der Waals surface area contributed by atoms with Crippen LogP contribution in [-0.2, 0) is 9.53 Å². The van der Waals surface area contributed by atoms with Gasteiger partial charge in [0.05, 0.1) is 17.5 Å². The number of benzene rings is 2. The monoisotopic (exact) mass is 330 g/mol. The highest BCUT2D eigenvalue weighted by Gasteiger charge is 2.32. The highest BCUT2D eigenvalue weighted by atomic mass is 16.5. The van der Waals surface area contributed by atoms with Gasteiger partial charge in [-0.2, -0.15) is 0 Å². The Balaban J connectivity index is 0.000000136. The molecule has 0 bridgehead atoms. The van der Waals surface area contributed by atoms with Gasteiger partial charge in [-0.05, 0) is 30.7 Å². The highest BCUT2D eigenvalue weighted by Crippen LogP contribution is 2.26. The van der Waals surface area contributed by atoms with Crippen LogP contribution in [0.1, 0.15) is 12.0 Å². The summed E-state index contributed by atoms with van der Waals surface area (Å²) in [5.41, 5.74) is 2.09. The standard InChI is InChI=1S/C12H11NO2.C9H7N/c1-7-3-2-4-8-10(7)13-12(14)9-5-6-15-11(8)9;1-2-6-9-8(4-1)5-3-7-10-9/h2-4,9H,5-6H2,1H3;1-7H. The number of nitrogens with zero attached hydrogens (tertiary/aromatic N) is 2. The second-order valence-corrected chi connectivity index (χ2v) is 6.17. The minimum Gasteiger partial charge on any atom is -0.496 e. The summed E-state index contributed by atoms with van der Waals surface area (Å²) in [6.07, 6.45) is 2.58. The Labute approximate surface area is 145 Å². The number of aryl methyl sites for hydroxylation is 1. The van der Waals surface area contributed by atoms with Gasteiger partial charge in [0.1, 0.15) is 11.7 Å². The molecular weight excluding hydrogens is 312 g/mol. The van der Waals surface area contributed by atoms with E-state index >= 15 is 0 Å². The van der Waals surface area contributed by atoms with Gasteiger partial charge in [-0.3, -0.25) is 9.78 Å². The summed E-state index contributed by atoms with van der Waals surface area (Å²) in [5.74, 6) is 0.650. The number of carbonyl (C=O) groups excluding carboxylic acids is 1. The molecule has 1 amide bonds. The number of rotatable bonds is 0. The first-order valence-electron chi connectivity index (χ1n) is 8.39. The number of carbonyl (C=O) groups is 1. The molecule has 2 aromatic carbocycles. The maximum absolute atomic E-state index is 11.7. The number of pyridine rings is 1. The molecule has 4 nitrogen and oxygen atoms in total. The molecule has 2 aliphatic rings. The minimum atomic E-state index is -0.126. The summed E-state index contributed by atoms with van der Waals surface area (Å²) in [7, 11) is 0. The predicted octanol–water partition coefficient (Wildman–Crippen LogP) is 2.53. The molecule has 3 heterocycles. The number of aromatic nitrogens is 1. The molecule has 5 rings (SSSR count). The highest BCUT2D eigenvalue weighted by molar-refractivity contribution is 5.89. The van der Waals surface area contributed by atoms with Crippen LogP contribution in [0.25, 0.3) is 16.7 Å². The molecule has 0 N–H and O–H groups in total. The lowest BCUT2D eigenvalue weighted by Crippen LogP contribution is -2.37. The summed E-state index contributed by atoms with van der Waals surface area (Å²) in [6, 6.07) is 18.0. The SMILES string of the molecule is Cc1cccc2c1=NC(=O)C1CCOC=21.c1ccc2ncccc2c1. The maximum atomic E-state index is 11.7. The summed E-state index contributed by atoms with van der Waals surface area (Å²) >= 11 is 0. The largest absolute Gasteiger partial charge is 0.496 e. The normalized spacial score (nSPS) is 17.7. The lowest BCUT2D eigenvalue weighted by molar-refractivity contribution is -0.120. The Morgan fingerprint density at radius 1 is 1.04 bits per heavy atom. The van der Waals surface area contributed by atoms with Crippen LogP contribution in [0.15, 0.2) is 65.8 Å². The van der Waals surface area contributed by atoms with Crippen LogP contribution in [0.5, 0.6) is 0 Å². The van der Waals surface area contributed by atoms with Crippen molar-refractivity contribution in [3.05, 3.63) is 76.9 Å². The van der Waals surface area contributed by atoms with Gasteiger partial charge in [0.25, 0.3) is 5.91 Å². The third-order valence-electron chi connectivity index (χ3n) is 4.52. The number of amides is 1. The topological polar surface area (TPSA) is 51.5 Å². The zero-order valence-corrected chi connectivity index (χ0v) is 14.0. The fourth-order valence-electron chi connectivity index (χ4n) is 3.23. The van der Waals surface area contributed by atoms with E-state index in [1.54, 1.807) is 0 Å². The van der Waals surface area contributed by atoms with Crippen molar-refractivity contribution in [1.82, 2.24) is 4.98 Å². The van der Waals surface area contributed by atoms with E-state index in [2.05, 4.69) is 22.1 Å². The van der Waals surface area contributed by atoms with E-state index in [1.807, 2.05) is 55.6 Å². The lowest BCUT2D eigenvalue weighted by atomic mass is 9.99. The Bertz CT molecular complexity index is 1010. The molecule has 1 atom stereocenters. The first kappa shape index (κ1) is 15.5. The molecule has 2 aliphatic heterocycles. The van der Waals surface area contributed by atoms with Gasteiger partial charge in [0.2, 0.25) is 0 Å². The van der Waals surface area contributed by atoms with Crippen LogP contribution >= 0.6 is 0 Å². The number of hydrogen-bond donors (Lipinski definition) is 0. The molecule has 0 radical (unpaired) electrons. The van der Waals surface area contributed by atoms with Gasteiger partial charge in [0.15, 0.2) is 0 Å². The summed E-state index contributed by atoms with van der Waals surface area (Å²) < 4.78 is 5.54. The molecule has 4 heteroatoms. The molecule has 0 spiro atoms. The van der Waals surface area contributed by atoms with E-state index in [4.69, 9.17) is 4.74 Å². The van der Waals surface area contributed by atoms with Gasteiger partial charge in [0, 0.05) is 23.2 Å². The average molecular weight is 330 g/mol. The van der Waals surface area contributed by atoms with Crippen molar-refractivity contribution in [2.24, 2.45) is 10.9 Å². The summed E-state index contributed by atoms with van der Waals surface area (Å²) in [4.78, 5) is 20.1. The quantitative estimate of drug-likeness (QED) is 0.636.